The van der Waals surface area contributed by atoms with Gasteiger partial charge in [0, 0.05) is 22.7 Å². The highest BCUT2D eigenvalue weighted by atomic mass is 32.1. The normalized spacial score (nSPS) is 14.7. The summed E-state index contributed by atoms with van der Waals surface area (Å²) in [6.07, 6.45) is 3.28. The molecule has 2 heterocycles. The van der Waals surface area contributed by atoms with Gasteiger partial charge in [0.1, 0.15) is 24.5 Å². The lowest BCUT2D eigenvalue weighted by Crippen LogP contribution is -2.35. The molecule has 0 atom stereocenters. The van der Waals surface area contributed by atoms with Gasteiger partial charge in [-0.1, -0.05) is 18.2 Å². The number of ether oxygens (including phenoxy) is 2. The summed E-state index contributed by atoms with van der Waals surface area (Å²) >= 11 is 5.59. The molecule has 0 bridgehead atoms. The minimum absolute atomic E-state index is 0.130. The maximum atomic E-state index is 13.6. The number of aromatic nitrogens is 1. The Bertz CT molecular complexity index is 1340. The van der Waals surface area contributed by atoms with Gasteiger partial charge in [-0.25, -0.2) is 0 Å². The molecule has 0 saturated carbocycles. The Morgan fingerprint density at radius 1 is 1.09 bits per heavy atom. The third-order valence-corrected chi connectivity index (χ3v) is 5.88. The number of hydrogen-bond donors (Lipinski definition) is 1. The molecule has 1 saturated heterocycles. The highest BCUT2D eigenvalue weighted by Gasteiger charge is 2.40. The third-order valence-electron chi connectivity index (χ3n) is 5.47. The lowest BCUT2D eigenvalue weighted by atomic mass is 10.1. The number of hydrogen-bond acceptors (Lipinski definition) is 6. The van der Waals surface area contributed by atoms with Crippen LogP contribution in [-0.2, 0) is 25.7 Å². The number of amides is 1. The van der Waals surface area contributed by atoms with Crippen molar-refractivity contribution in [1.82, 2.24) is 9.47 Å². The molecular formula is C25H23N3O6S. The molecule has 9 nitrogen and oxygen atoms in total. The number of fused-ring (bicyclic) bond motifs is 1. The van der Waals surface area contributed by atoms with Crippen LogP contribution in [0.4, 0.5) is 5.69 Å². The van der Waals surface area contributed by atoms with Gasteiger partial charge < -0.3 is 24.0 Å². The van der Waals surface area contributed by atoms with Crippen LogP contribution in [0, 0.1) is 0 Å². The number of nitrogens with zero attached hydrogens (tertiary/aromatic N) is 3. The van der Waals surface area contributed by atoms with Crippen molar-refractivity contribution in [3.63, 3.8) is 0 Å². The van der Waals surface area contributed by atoms with Gasteiger partial charge >= 0.3 is 11.9 Å². The number of carbonyl (C=O) groups excluding carboxylic acids is 2. The summed E-state index contributed by atoms with van der Waals surface area (Å²) < 4.78 is 11.9. The zero-order valence-corrected chi connectivity index (χ0v) is 19.9. The van der Waals surface area contributed by atoms with E-state index < -0.39 is 17.8 Å². The molecule has 0 spiro atoms. The molecule has 1 aromatic heterocycles. The number of thiocarbonyl (C=S) groups is 1. The Morgan fingerprint density at radius 3 is 2.46 bits per heavy atom. The van der Waals surface area contributed by atoms with Gasteiger partial charge in [0.05, 0.1) is 19.4 Å². The average molecular weight is 494 g/mol. The zero-order valence-electron chi connectivity index (χ0n) is 19.1. The molecule has 0 radical (unpaired) electrons. The molecule has 180 valence electrons. The number of esters is 1. The van der Waals surface area contributed by atoms with Crippen LogP contribution in [0.25, 0.3) is 17.0 Å². The molecule has 10 heteroatoms. The van der Waals surface area contributed by atoms with Crippen LogP contribution in [0.15, 0.2) is 60.4 Å². The predicted molar refractivity (Wildman–Crippen MR) is 134 cm³/mol. The van der Waals surface area contributed by atoms with Gasteiger partial charge in [-0.3, -0.25) is 19.3 Å². The lowest BCUT2D eigenvalue weighted by molar-refractivity contribution is -0.140. The zero-order chi connectivity index (χ0) is 25.1. The second-order valence-electron chi connectivity index (χ2n) is 7.67. The highest BCUT2D eigenvalue weighted by molar-refractivity contribution is 7.80. The minimum atomic E-state index is -0.989. The van der Waals surface area contributed by atoms with Gasteiger partial charge in [-0.2, -0.15) is 0 Å². The Kier molecular flexibility index (Phi) is 6.83. The van der Waals surface area contributed by atoms with Gasteiger partial charge in [0.2, 0.25) is 0 Å². The van der Waals surface area contributed by atoms with Gasteiger partial charge in [-0.05, 0) is 55.5 Å². The van der Waals surface area contributed by atoms with E-state index in [4.69, 9.17) is 21.7 Å². The van der Waals surface area contributed by atoms with Crippen molar-refractivity contribution in [3.8, 4) is 5.75 Å². The first-order chi connectivity index (χ1) is 16.8. The molecule has 4 rings (SSSR count). The summed E-state index contributed by atoms with van der Waals surface area (Å²) in [6, 6.07) is 14.2. The largest absolute Gasteiger partial charge is 0.494 e. The van der Waals surface area contributed by atoms with E-state index in [0.717, 1.165) is 5.39 Å². The summed E-state index contributed by atoms with van der Waals surface area (Å²) in [6.45, 7) is 1.90. The van der Waals surface area contributed by atoms with Crippen LogP contribution in [-0.4, -0.2) is 57.8 Å². The van der Waals surface area contributed by atoms with E-state index in [2.05, 4.69) is 0 Å². The van der Waals surface area contributed by atoms with Crippen LogP contribution in [0.1, 0.15) is 12.5 Å². The second-order valence-corrected chi connectivity index (χ2v) is 8.03. The molecule has 35 heavy (non-hydrogen) atoms. The summed E-state index contributed by atoms with van der Waals surface area (Å²) in [7, 11) is 1.26. The van der Waals surface area contributed by atoms with Crippen LogP contribution in [0.2, 0.25) is 0 Å². The van der Waals surface area contributed by atoms with Crippen LogP contribution >= 0.6 is 12.2 Å². The van der Waals surface area contributed by atoms with Crippen LogP contribution in [0.3, 0.4) is 0 Å². The topological polar surface area (TPSA) is 101 Å². The van der Waals surface area contributed by atoms with E-state index in [1.165, 1.54) is 16.9 Å². The first-order valence-electron chi connectivity index (χ1n) is 10.8. The summed E-state index contributed by atoms with van der Waals surface area (Å²) in [5, 5.41) is 10.2. The molecule has 0 aliphatic carbocycles. The van der Waals surface area contributed by atoms with Crippen molar-refractivity contribution < 1.29 is 29.0 Å². The summed E-state index contributed by atoms with van der Waals surface area (Å²) in [5.74, 6) is -1.31. The molecule has 1 fully saturated rings. The molecule has 1 aliphatic rings. The van der Waals surface area contributed by atoms with E-state index in [0.29, 0.717) is 29.1 Å². The number of carbonyl (C=O) groups is 3. The molecule has 1 amide bonds. The first kappa shape index (κ1) is 24.0. The average Bonchev–Trinajstić information content (AvgIpc) is 3.29. The van der Waals surface area contributed by atoms with Crippen LogP contribution < -0.4 is 9.64 Å². The SMILES string of the molecule is CCOc1ccc(N2C(=O)/C(=C/c3cn(CC(=O)O)c4ccccc34)N(CC(=O)OC)C2=S)cc1. The molecule has 2 aromatic carbocycles. The molecule has 0 unspecified atom stereocenters. The van der Waals surface area contributed by atoms with E-state index in [1.54, 1.807) is 47.2 Å². The van der Waals surface area contributed by atoms with Gasteiger partial charge in [0.25, 0.3) is 5.91 Å². The molecule has 3 aromatic rings. The predicted octanol–water partition coefficient (Wildman–Crippen LogP) is 3.27. The van der Waals surface area contributed by atoms with Crippen molar-refractivity contribution >= 4 is 57.8 Å². The molecule has 1 N–H and O–H groups in total. The van der Waals surface area contributed by atoms with Crippen molar-refractivity contribution in [1.29, 1.82) is 0 Å². The number of methoxy groups -OCH3 is 1. The highest BCUT2D eigenvalue weighted by Crippen LogP contribution is 2.32. The molecule has 1 aliphatic heterocycles. The minimum Gasteiger partial charge on any atom is -0.494 e. The van der Waals surface area contributed by atoms with Crippen molar-refractivity contribution in [2.45, 2.75) is 13.5 Å². The van der Waals surface area contributed by atoms with Crippen LogP contribution in [0.5, 0.6) is 5.75 Å². The standard InChI is InChI=1S/C25H23N3O6S/c1-3-34-18-10-8-17(9-11-18)28-24(32)21(27(25(28)35)15-23(31)33-2)12-16-13-26(14-22(29)30)20-7-5-4-6-19(16)20/h4-13H,3,14-15H2,1-2H3,(H,29,30)/b21-12-. The Labute approximate surface area is 206 Å². The lowest BCUT2D eigenvalue weighted by Gasteiger charge is -2.19. The monoisotopic (exact) mass is 493 g/mol. The fourth-order valence-electron chi connectivity index (χ4n) is 3.93. The maximum absolute atomic E-state index is 13.6. The molecular weight excluding hydrogens is 470 g/mol. The van der Waals surface area contributed by atoms with Gasteiger partial charge in [0.15, 0.2) is 5.11 Å². The summed E-state index contributed by atoms with van der Waals surface area (Å²) in [5.41, 5.74) is 2.02. The number of benzene rings is 2. The van der Waals surface area contributed by atoms with Crippen molar-refractivity contribution in [2.75, 3.05) is 25.2 Å². The Balaban J connectivity index is 1.80. The van der Waals surface area contributed by atoms with Crippen molar-refractivity contribution in [2.24, 2.45) is 0 Å². The quantitative estimate of drug-likeness (QED) is 0.290. The van der Waals surface area contributed by atoms with E-state index in [1.807, 2.05) is 25.1 Å². The number of aliphatic carboxylic acids is 1. The fraction of sp³-hybridized carbons (Fsp3) is 0.200. The first-order valence-corrected chi connectivity index (χ1v) is 11.2. The smallest absolute Gasteiger partial charge is 0.325 e. The van der Waals surface area contributed by atoms with E-state index in [9.17, 15) is 19.5 Å². The van der Waals surface area contributed by atoms with E-state index >= 15 is 0 Å². The number of rotatable bonds is 8. The van der Waals surface area contributed by atoms with Gasteiger partial charge in [-0.15, -0.1) is 0 Å². The number of anilines is 1. The fourth-order valence-corrected chi connectivity index (χ4v) is 4.28. The maximum Gasteiger partial charge on any atom is 0.325 e. The number of carboxylic acid groups (broad SMARTS) is 1. The number of carboxylic acids is 1. The summed E-state index contributed by atoms with van der Waals surface area (Å²) in [4.78, 5) is 39.8. The number of para-hydroxylation sites is 1. The Hall–Kier alpha value is -4.18. The second kappa shape index (κ2) is 9.98. The van der Waals surface area contributed by atoms with Crippen molar-refractivity contribution in [3.05, 3.63) is 66.0 Å². The third kappa shape index (κ3) is 4.73. The Morgan fingerprint density at radius 2 is 1.80 bits per heavy atom. The van der Waals surface area contributed by atoms with E-state index in [-0.39, 0.29) is 23.9 Å².